The predicted molar refractivity (Wildman–Crippen MR) is 87.0 cm³/mol. The van der Waals surface area contributed by atoms with Crippen molar-refractivity contribution >= 4 is 17.5 Å². The first-order valence-electron chi connectivity index (χ1n) is 7.70. The lowest BCUT2D eigenvalue weighted by molar-refractivity contribution is -0.385. The Morgan fingerprint density at radius 3 is 2.54 bits per heavy atom. The number of nitrogens with one attached hydrogen (secondary N) is 2. The second kappa shape index (κ2) is 7.55. The summed E-state index contributed by atoms with van der Waals surface area (Å²) < 4.78 is 15.7. The Kier molecular flexibility index (Phi) is 5.02. The van der Waals surface area contributed by atoms with Crippen LogP contribution in [0.4, 0.5) is 5.69 Å². The third-order valence-electron chi connectivity index (χ3n) is 3.55. The Balaban J connectivity index is 1.65. The van der Waals surface area contributed by atoms with E-state index in [-0.39, 0.29) is 43.4 Å². The van der Waals surface area contributed by atoms with E-state index in [0.29, 0.717) is 5.76 Å². The average Bonchev–Trinajstić information content (AvgIpc) is 3.16. The van der Waals surface area contributed by atoms with Crippen molar-refractivity contribution < 1.29 is 28.4 Å². The Morgan fingerprint density at radius 2 is 1.88 bits per heavy atom. The highest BCUT2D eigenvalue weighted by Crippen LogP contribution is 2.36. The van der Waals surface area contributed by atoms with E-state index in [4.69, 9.17) is 13.9 Å². The van der Waals surface area contributed by atoms with Crippen LogP contribution in [0.1, 0.15) is 16.1 Å². The Morgan fingerprint density at radius 1 is 1.15 bits per heavy atom. The molecular formula is C16H15N3O7. The van der Waals surface area contributed by atoms with Gasteiger partial charge in [-0.15, -0.1) is 0 Å². The van der Waals surface area contributed by atoms with Crippen LogP contribution in [0.25, 0.3) is 0 Å². The fourth-order valence-corrected chi connectivity index (χ4v) is 2.33. The molecule has 0 saturated heterocycles. The molecule has 0 unspecified atom stereocenters. The highest BCUT2D eigenvalue weighted by atomic mass is 16.6. The van der Waals surface area contributed by atoms with Crippen molar-refractivity contribution in [2.75, 3.05) is 19.8 Å². The normalized spacial score (nSPS) is 12.3. The minimum absolute atomic E-state index is 0.172. The van der Waals surface area contributed by atoms with E-state index < -0.39 is 22.4 Å². The number of ether oxygens (including phenoxy) is 2. The molecule has 0 radical (unpaired) electrons. The molecule has 136 valence electrons. The lowest BCUT2D eigenvalue weighted by atomic mass is 10.1. The Hall–Kier alpha value is -3.56. The molecule has 3 rings (SSSR count). The van der Waals surface area contributed by atoms with Gasteiger partial charge in [-0.25, -0.2) is 0 Å². The molecule has 1 aromatic heterocycles. The summed E-state index contributed by atoms with van der Waals surface area (Å²) in [5, 5.41) is 16.1. The number of carbonyl (C=O) groups excluding carboxylic acids is 2. The lowest BCUT2D eigenvalue weighted by Crippen LogP contribution is -2.36. The maximum Gasteiger partial charge on any atom is 0.286 e. The van der Waals surface area contributed by atoms with Crippen LogP contribution in [0.5, 0.6) is 11.5 Å². The van der Waals surface area contributed by atoms with Gasteiger partial charge in [0.2, 0.25) is 5.91 Å². The molecule has 0 aliphatic carbocycles. The zero-order valence-corrected chi connectivity index (χ0v) is 13.5. The van der Waals surface area contributed by atoms with Crippen molar-refractivity contribution in [3.05, 3.63) is 52.0 Å². The van der Waals surface area contributed by atoms with Crippen molar-refractivity contribution in [3.63, 3.8) is 0 Å². The van der Waals surface area contributed by atoms with Crippen LogP contribution in [-0.2, 0) is 11.3 Å². The van der Waals surface area contributed by atoms with Crippen molar-refractivity contribution in [3.8, 4) is 11.5 Å². The number of nitro groups is 1. The van der Waals surface area contributed by atoms with Crippen molar-refractivity contribution in [1.82, 2.24) is 10.6 Å². The molecule has 1 aliphatic heterocycles. The van der Waals surface area contributed by atoms with Gasteiger partial charge in [0.1, 0.15) is 24.5 Å². The molecule has 10 heteroatoms. The quantitative estimate of drug-likeness (QED) is 0.579. The lowest BCUT2D eigenvalue weighted by Gasteiger charge is -2.18. The second-order valence-electron chi connectivity index (χ2n) is 5.31. The number of nitrogens with zero attached hydrogens (tertiary/aromatic N) is 1. The molecule has 0 fully saturated rings. The highest BCUT2D eigenvalue weighted by molar-refractivity contribution is 6.00. The van der Waals surface area contributed by atoms with Gasteiger partial charge in [0.05, 0.1) is 30.3 Å². The largest absolute Gasteiger partial charge is 0.486 e. The average molecular weight is 361 g/mol. The van der Waals surface area contributed by atoms with Crippen LogP contribution in [0, 0.1) is 10.1 Å². The third kappa shape index (κ3) is 3.91. The van der Waals surface area contributed by atoms with Crippen LogP contribution < -0.4 is 20.1 Å². The summed E-state index contributed by atoms with van der Waals surface area (Å²) in [5.41, 5.74) is -0.638. The van der Waals surface area contributed by atoms with Crippen LogP contribution in [0.2, 0.25) is 0 Å². The third-order valence-corrected chi connectivity index (χ3v) is 3.55. The zero-order valence-electron chi connectivity index (χ0n) is 13.5. The molecule has 2 aromatic rings. The molecule has 26 heavy (non-hydrogen) atoms. The number of benzene rings is 1. The number of amides is 2. The zero-order chi connectivity index (χ0) is 18.5. The number of furan rings is 1. The fraction of sp³-hybridized carbons (Fsp3) is 0.250. The highest BCUT2D eigenvalue weighted by Gasteiger charge is 2.26. The van der Waals surface area contributed by atoms with Crippen LogP contribution in [-0.4, -0.2) is 36.5 Å². The minimum Gasteiger partial charge on any atom is -0.486 e. The van der Waals surface area contributed by atoms with E-state index in [1.54, 1.807) is 12.1 Å². The number of rotatable bonds is 6. The molecular weight excluding hydrogens is 346 g/mol. The number of carbonyl (C=O) groups is 2. The van der Waals surface area contributed by atoms with E-state index in [9.17, 15) is 19.7 Å². The number of nitro benzene ring substituents is 1. The van der Waals surface area contributed by atoms with Crippen molar-refractivity contribution in [2.24, 2.45) is 0 Å². The van der Waals surface area contributed by atoms with E-state index in [1.807, 2.05) is 0 Å². The Bertz CT molecular complexity index is 833. The summed E-state index contributed by atoms with van der Waals surface area (Å²) in [6.07, 6.45) is 1.48. The number of hydrogen-bond acceptors (Lipinski definition) is 7. The molecule has 0 atom stereocenters. The van der Waals surface area contributed by atoms with Crippen molar-refractivity contribution in [2.45, 2.75) is 6.54 Å². The molecule has 0 bridgehead atoms. The Labute approximate surface area is 147 Å². The van der Waals surface area contributed by atoms with Gasteiger partial charge in [-0.2, -0.15) is 0 Å². The standard InChI is InChI=1S/C16H15N3O7/c20-15(17-8-10-2-1-3-24-10)9-18-16(21)11-6-13-14(26-5-4-25-13)7-12(11)19(22)23/h1-3,6-7H,4-5,8-9H2,(H,17,20)(H,18,21). The summed E-state index contributed by atoms with van der Waals surface area (Å²) in [6, 6.07) is 5.75. The molecule has 0 spiro atoms. The molecule has 1 aliphatic rings. The summed E-state index contributed by atoms with van der Waals surface area (Å²) in [6.45, 7) is 0.379. The summed E-state index contributed by atoms with van der Waals surface area (Å²) in [7, 11) is 0. The molecule has 2 heterocycles. The smallest absolute Gasteiger partial charge is 0.286 e. The maximum atomic E-state index is 12.3. The van der Waals surface area contributed by atoms with E-state index >= 15 is 0 Å². The predicted octanol–water partition coefficient (Wildman–Crippen LogP) is 1.01. The van der Waals surface area contributed by atoms with Crippen LogP contribution >= 0.6 is 0 Å². The number of hydrogen-bond donors (Lipinski definition) is 2. The molecule has 0 saturated carbocycles. The first-order chi connectivity index (χ1) is 12.5. The summed E-state index contributed by atoms with van der Waals surface area (Å²) in [5.74, 6) is -0.214. The number of fused-ring (bicyclic) bond motifs is 1. The first kappa shape index (κ1) is 17.3. The fourth-order valence-electron chi connectivity index (χ4n) is 2.33. The van der Waals surface area contributed by atoms with Gasteiger partial charge < -0.3 is 24.5 Å². The van der Waals surface area contributed by atoms with Crippen LogP contribution in [0.3, 0.4) is 0 Å². The first-order valence-corrected chi connectivity index (χ1v) is 7.70. The second-order valence-corrected chi connectivity index (χ2v) is 5.31. The van der Waals surface area contributed by atoms with Gasteiger partial charge in [-0.3, -0.25) is 19.7 Å². The summed E-state index contributed by atoms with van der Waals surface area (Å²) >= 11 is 0. The minimum atomic E-state index is -0.762. The molecule has 2 N–H and O–H groups in total. The van der Waals surface area contributed by atoms with Gasteiger partial charge in [0.25, 0.3) is 11.6 Å². The van der Waals surface area contributed by atoms with E-state index in [2.05, 4.69) is 10.6 Å². The van der Waals surface area contributed by atoms with Gasteiger partial charge in [0, 0.05) is 6.07 Å². The topological polar surface area (TPSA) is 133 Å². The molecule has 1 aromatic carbocycles. The summed E-state index contributed by atoms with van der Waals surface area (Å²) in [4.78, 5) is 34.6. The van der Waals surface area contributed by atoms with Crippen LogP contribution in [0.15, 0.2) is 34.9 Å². The molecule has 10 nitrogen and oxygen atoms in total. The maximum absolute atomic E-state index is 12.3. The van der Waals surface area contributed by atoms with Gasteiger partial charge in [-0.05, 0) is 12.1 Å². The van der Waals surface area contributed by atoms with Gasteiger partial charge >= 0.3 is 0 Å². The van der Waals surface area contributed by atoms with Gasteiger partial charge in [0.15, 0.2) is 11.5 Å². The monoisotopic (exact) mass is 361 g/mol. The van der Waals surface area contributed by atoms with Gasteiger partial charge in [-0.1, -0.05) is 0 Å². The molecule has 2 amide bonds. The van der Waals surface area contributed by atoms with Crippen molar-refractivity contribution in [1.29, 1.82) is 0 Å². The SMILES string of the molecule is O=C(CNC(=O)c1cc2c(cc1[N+](=O)[O-])OCCO2)NCc1ccco1. The van der Waals surface area contributed by atoms with E-state index in [0.717, 1.165) is 6.07 Å². The van der Waals surface area contributed by atoms with E-state index in [1.165, 1.54) is 12.3 Å².